The Kier molecular flexibility index (Phi) is 7.10. The second-order valence-corrected chi connectivity index (χ2v) is 8.71. The summed E-state index contributed by atoms with van der Waals surface area (Å²) in [6, 6.07) is 16.5. The van der Waals surface area contributed by atoms with Crippen LogP contribution in [0.5, 0.6) is 0 Å². The van der Waals surface area contributed by atoms with Gasteiger partial charge >= 0.3 is 0 Å². The van der Waals surface area contributed by atoms with Crippen LogP contribution in [0.1, 0.15) is 51.6 Å². The number of nitrogens with two attached hydrogens (primary N) is 1. The van der Waals surface area contributed by atoms with Crippen molar-refractivity contribution >= 4 is 17.5 Å². The summed E-state index contributed by atoms with van der Waals surface area (Å²) in [7, 11) is 0. The van der Waals surface area contributed by atoms with Gasteiger partial charge in [0.2, 0.25) is 0 Å². The Labute approximate surface area is 188 Å². The first-order valence-corrected chi connectivity index (χ1v) is 10.6. The first-order valence-electron chi connectivity index (χ1n) is 10.6. The molecule has 3 N–H and O–H groups in total. The van der Waals surface area contributed by atoms with Gasteiger partial charge in [-0.3, -0.25) is 9.59 Å². The average molecular weight is 435 g/mol. The normalized spacial score (nSPS) is 11.3. The lowest BCUT2D eigenvalue weighted by molar-refractivity contribution is 0.0671. The second kappa shape index (κ2) is 9.78. The Morgan fingerprint density at radius 2 is 1.72 bits per heavy atom. The number of para-hydroxylation sites is 1. The van der Waals surface area contributed by atoms with E-state index >= 15 is 0 Å². The lowest BCUT2D eigenvalue weighted by atomic mass is 9.92. The summed E-state index contributed by atoms with van der Waals surface area (Å²) in [4.78, 5) is 27.9. The van der Waals surface area contributed by atoms with E-state index in [1.807, 2.05) is 56.3 Å². The summed E-state index contributed by atoms with van der Waals surface area (Å²) in [6.07, 6.45) is 0. The fourth-order valence-electron chi connectivity index (χ4n) is 3.50. The number of nitrogens with zero attached hydrogens (tertiary/aromatic N) is 2. The highest BCUT2D eigenvalue weighted by Crippen LogP contribution is 2.25. The minimum Gasteiger partial charge on any atom is -0.361 e. The molecule has 0 atom stereocenters. The van der Waals surface area contributed by atoms with E-state index in [1.165, 1.54) is 0 Å². The molecule has 0 saturated heterocycles. The van der Waals surface area contributed by atoms with Crippen LogP contribution in [-0.4, -0.2) is 35.0 Å². The Bertz CT molecular complexity index is 1070. The number of anilines is 1. The van der Waals surface area contributed by atoms with Gasteiger partial charge in [0.25, 0.3) is 11.8 Å². The number of carbonyl (C=O) groups excluding carboxylic acids is 2. The van der Waals surface area contributed by atoms with E-state index in [0.717, 1.165) is 5.56 Å². The van der Waals surface area contributed by atoms with E-state index in [9.17, 15) is 9.59 Å². The van der Waals surface area contributed by atoms with Gasteiger partial charge in [0.15, 0.2) is 0 Å². The van der Waals surface area contributed by atoms with Crippen molar-refractivity contribution in [1.29, 1.82) is 0 Å². The van der Waals surface area contributed by atoms with Gasteiger partial charge in [0.05, 0.1) is 5.69 Å². The van der Waals surface area contributed by atoms with E-state index in [-0.39, 0.29) is 17.2 Å². The van der Waals surface area contributed by atoms with Crippen molar-refractivity contribution in [2.24, 2.45) is 11.1 Å². The van der Waals surface area contributed by atoms with Crippen LogP contribution < -0.4 is 11.1 Å². The quantitative estimate of drug-likeness (QED) is 0.554. The van der Waals surface area contributed by atoms with Crippen LogP contribution in [0.2, 0.25) is 0 Å². The molecule has 168 valence electrons. The number of hydrogen-bond acceptors (Lipinski definition) is 5. The summed E-state index contributed by atoms with van der Waals surface area (Å²) in [5, 5.41) is 6.90. The Hall–Kier alpha value is -3.45. The number of rotatable bonds is 8. The minimum absolute atomic E-state index is 0.174. The molecular formula is C25H30N4O3. The van der Waals surface area contributed by atoms with E-state index in [1.54, 1.807) is 30.9 Å². The van der Waals surface area contributed by atoms with Crippen LogP contribution in [0.25, 0.3) is 0 Å². The highest BCUT2D eigenvalue weighted by atomic mass is 16.5. The number of aryl methyl sites for hydroxylation is 2. The van der Waals surface area contributed by atoms with Gasteiger partial charge in [-0.15, -0.1) is 0 Å². The Morgan fingerprint density at radius 1 is 1.06 bits per heavy atom. The molecule has 32 heavy (non-hydrogen) atoms. The predicted molar refractivity (Wildman–Crippen MR) is 124 cm³/mol. The summed E-state index contributed by atoms with van der Waals surface area (Å²) < 4.78 is 5.22. The van der Waals surface area contributed by atoms with Crippen LogP contribution in [0.4, 0.5) is 5.69 Å². The zero-order valence-electron chi connectivity index (χ0n) is 19.0. The van der Waals surface area contributed by atoms with E-state index in [2.05, 4.69) is 10.5 Å². The van der Waals surface area contributed by atoms with Crippen LogP contribution in [0.15, 0.2) is 59.1 Å². The molecule has 3 rings (SSSR count). The molecule has 1 aromatic heterocycles. The second-order valence-electron chi connectivity index (χ2n) is 8.71. The molecule has 0 spiro atoms. The van der Waals surface area contributed by atoms with Gasteiger partial charge in [-0.05, 0) is 49.6 Å². The minimum atomic E-state index is -0.295. The SMILES string of the molecule is Cc1noc(C)c1C(=O)N(Cc1ccccc1NC(=O)c1ccccc1)CC(C)(C)CN. The average Bonchev–Trinajstić information content (AvgIpc) is 3.12. The highest BCUT2D eigenvalue weighted by molar-refractivity contribution is 6.04. The topological polar surface area (TPSA) is 101 Å². The molecule has 0 saturated carbocycles. The van der Waals surface area contributed by atoms with Crippen LogP contribution in [0.3, 0.4) is 0 Å². The van der Waals surface area contributed by atoms with E-state index in [0.29, 0.717) is 47.9 Å². The molecule has 7 heteroatoms. The number of nitrogens with one attached hydrogen (secondary N) is 1. The van der Waals surface area contributed by atoms with Gasteiger partial charge in [-0.2, -0.15) is 0 Å². The molecule has 2 amide bonds. The zero-order chi connectivity index (χ0) is 23.3. The highest BCUT2D eigenvalue weighted by Gasteiger charge is 2.29. The third-order valence-electron chi connectivity index (χ3n) is 5.37. The third-order valence-corrected chi connectivity index (χ3v) is 5.37. The number of benzene rings is 2. The van der Waals surface area contributed by atoms with E-state index in [4.69, 9.17) is 10.3 Å². The number of amides is 2. The standard InChI is InChI=1S/C25H30N4O3/c1-17-22(18(2)32-28-17)24(31)29(16-25(3,4)15-26)14-20-12-8-9-13-21(20)27-23(30)19-10-6-5-7-11-19/h5-13H,14-16,26H2,1-4H3,(H,27,30). The number of carbonyl (C=O) groups is 2. The molecule has 0 radical (unpaired) electrons. The summed E-state index contributed by atoms with van der Waals surface area (Å²) in [5.74, 6) is 0.102. The first kappa shape index (κ1) is 23.2. The number of aromatic nitrogens is 1. The van der Waals surface area contributed by atoms with Crippen molar-refractivity contribution in [2.45, 2.75) is 34.2 Å². The Morgan fingerprint density at radius 3 is 2.34 bits per heavy atom. The molecule has 3 aromatic rings. The van der Waals surface area contributed by atoms with Gasteiger partial charge in [-0.1, -0.05) is 55.4 Å². The molecule has 0 bridgehead atoms. The zero-order valence-corrected chi connectivity index (χ0v) is 19.0. The van der Waals surface area contributed by atoms with Gasteiger partial charge in [-0.25, -0.2) is 0 Å². The van der Waals surface area contributed by atoms with Crippen molar-refractivity contribution in [3.8, 4) is 0 Å². The Balaban J connectivity index is 1.91. The molecule has 0 aliphatic rings. The number of hydrogen-bond donors (Lipinski definition) is 2. The van der Waals surface area contributed by atoms with Crippen molar-refractivity contribution in [2.75, 3.05) is 18.4 Å². The van der Waals surface area contributed by atoms with Crippen LogP contribution in [-0.2, 0) is 6.54 Å². The molecule has 2 aromatic carbocycles. The monoisotopic (exact) mass is 434 g/mol. The molecule has 0 unspecified atom stereocenters. The van der Waals surface area contributed by atoms with Gasteiger partial charge in [0.1, 0.15) is 11.3 Å². The molecular weight excluding hydrogens is 404 g/mol. The van der Waals surface area contributed by atoms with E-state index < -0.39 is 0 Å². The van der Waals surface area contributed by atoms with Crippen LogP contribution in [0, 0.1) is 19.3 Å². The smallest absolute Gasteiger partial charge is 0.259 e. The molecule has 0 aliphatic heterocycles. The van der Waals surface area contributed by atoms with Crippen molar-refractivity contribution in [1.82, 2.24) is 10.1 Å². The van der Waals surface area contributed by atoms with Crippen molar-refractivity contribution < 1.29 is 14.1 Å². The predicted octanol–water partition coefficient (Wildman–Crippen LogP) is 4.17. The first-order chi connectivity index (χ1) is 15.2. The van der Waals surface area contributed by atoms with Crippen molar-refractivity contribution in [3.05, 3.63) is 82.7 Å². The molecule has 0 fully saturated rings. The lowest BCUT2D eigenvalue weighted by Crippen LogP contribution is -2.42. The maximum atomic E-state index is 13.5. The summed E-state index contributed by atoms with van der Waals surface area (Å²) >= 11 is 0. The van der Waals surface area contributed by atoms with Crippen molar-refractivity contribution in [3.63, 3.8) is 0 Å². The largest absolute Gasteiger partial charge is 0.361 e. The molecule has 1 heterocycles. The lowest BCUT2D eigenvalue weighted by Gasteiger charge is -2.32. The maximum Gasteiger partial charge on any atom is 0.259 e. The van der Waals surface area contributed by atoms with Gasteiger partial charge in [0, 0.05) is 24.3 Å². The summed E-state index contributed by atoms with van der Waals surface area (Å²) in [6.45, 7) is 8.68. The third kappa shape index (κ3) is 5.42. The molecule has 7 nitrogen and oxygen atoms in total. The molecule has 0 aliphatic carbocycles. The maximum absolute atomic E-state index is 13.5. The fourth-order valence-corrected chi connectivity index (χ4v) is 3.50. The fraction of sp³-hybridized carbons (Fsp3) is 0.320. The van der Waals surface area contributed by atoms with Crippen LogP contribution >= 0.6 is 0 Å². The summed E-state index contributed by atoms with van der Waals surface area (Å²) in [5.41, 5.74) is 8.72. The van der Waals surface area contributed by atoms with Gasteiger partial charge < -0.3 is 20.5 Å².